The molecule has 0 N–H and O–H groups in total. The van der Waals surface area contributed by atoms with Gasteiger partial charge in [0.2, 0.25) is 0 Å². The van der Waals surface area contributed by atoms with Crippen LogP contribution in [-0.4, -0.2) is 68.6 Å². The minimum Gasteiger partial charge on any atom is -0.484 e. The van der Waals surface area contributed by atoms with Crippen molar-refractivity contribution in [1.29, 1.82) is 0 Å². The average molecular weight is 385 g/mol. The maximum Gasteiger partial charge on any atom is 0.260 e. The van der Waals surface area contributed by atoms with Gasteiger partial charge in [-0.2, -0.15) is 0 Å². The van der Waals surface area contributed by atoms with Crippen LogP contribution in [-0.2, 0) is 11.3 Å². The van der Waals surface area contributed by atoms with Gasteiger partial charge in [-0.3, -0.25) is 4.79 Å². The monoisotopic (exact) mass is 385 g/mol. The number of amides is 1. The molecule has 1 saturated heterocycles. The Morgan fingerprint density at radius 3 is 2.61 bits per heavy atom. The van der Waals surface area contributed by atoms with Crippen LogP contribution < -0.4 is 9.64 Å². The number of carbonyl (C=O) groups excluding carboxylic acids is 1. The number of ether oxygens (including phenoxy) is 1. The predicted octanol–water partition coefficient (Wildman–Crippen LogP) is 1.11. The number of hydrogen-bond donors (Lipinski definition) is 0. The van der Waals surface area contributed by atoms with E-state index in [1.165, 1.54) is 30.6 Å². The number of carbonyl (C=O) groups is 1. The Labute approximate surface area is 160 Å². The minimum absolute atomic E-state index is 0.0752. The molecule has 1 fully saturated rings. The number of hydrogen-bond acceptors (Lipinski definition) is 7. The van der Waals surface area contributed by atoms with Crippen molar-refractivity contribution in [3.63, 3.8) is 0 Å². The average Bonchev–Trinajstić information content (AvgIpc) is 3.16. The molecule has 28 heavy (non-hydrogen) atoms. The lowest BCUT2D eigenvalue weighted by Crippen LogP contribution is -2.50. The predicted molar refractivity (Wildman–Crippen MR) is 99.5 cm³/mol. The highest BCUT2D eigenvalue weighted by Gasteiger charge is 2.24. The van der Waals surface area contributed by atoms with Crippen LogP contribution in [0.3, 0.4) is 0 Å². The number of fused-ring (bicyclic) bond motifs is 1. The summed E-state index contributed by atoms with van der Waals surface area (Å²) in [5.74, 6) is 0.761. The molecule has 9 nitrogen and oxygen atoms in total. The molecule has 3 heterocycles. The van der Waals surface area contributed by atoms with Crippen molar-refractivity contribution in [2.24, 2.45) is 0 Å². The van der Waals surface area contributed by atoms with Gasteiger partial charge in [0.05, 0.1) is 0 Å². The smallest absolute Gasteiger partial charge is 0.260 e. The number of benzene rings is 1. The third kappa shape index (κ3) is 3.57. The van der Waals surface area contributed by atoms with Gasteiger partial charge in [-0.1, -0.05) is 5.21 Å². The maximum atomic E-state index is 12.9. The summed E-state index contributed by atoms with van der Waals surface area (Å²) in [5, 5.41) is 8.31. The normalized spacial score (nSPS) is 14.5. The lowest BCUT2D eigenvalue weighted by molar-refractivity contribution is -0.133. The van der Waals surface area contributed by atoms with Gasteiger partial charge in [0.15, 0.2) is 23.6 Å². The fraction of sp³-hybridized carbons (Fsp3) is 0.389. The highest BCUT2D eigenvalue weighted by molar-refractivity contribution is 5.83. The maximum absolute atomic E-state index is 12.9. The summed E-state index contributed by atoms with van der Waals surface area (Å²) in [6.45, 7) is 4.96. The van der Waals surface area contributed by atoms with E-state index in [0.717, 1.165) is 5.82 Å². The molecule has 1 aliphatic rings. The van der Waals surface area contributed by atoms with Crippen molar-refractivity contribution < 1.29 is 13.9 Å². The Balaban J connectivity index is 1.36. The first-order chi connectivity index (χ1) is 13.7. The number of aryl methyl sites for hydroxylation is 1. The molecule has 0 radical (unpaired) electrons. The molecular weight excluding hydrogens is 365 g/mol. The number of piperazine rings is 1. The van der Waals surface area contributed by atoms with Crippen molar-refractivity contribution in [3.05, 3.63) is 36.4 Å². The van der Waals surface area contributed by atoms with Crippen LogP contribution in [0.1, 0.15) is 6.92 Å². The highest BCUT2D eigenvalue weighted by atomic mass is 19.1. The Bertz CT molecular complexity index is 968. The number of anilines is 1. The fourth-order valence-corrected chi connectivity index (χ4v) is 3.16. The van der Waals surface area contributed by atoms with Gasteiger partial charge in [-0.15, -0.1) is 5.10 Å². The molecule has 1 aromatic carbocycles. The van der Waals surface area contributed by atoms with E-state index >= 15 is 0 Å². The molecule has 4 rings (SSSR count). The molecule has 0 aliphatic carbocycles. The largest absolute Gasteiger partial charge is 0.484 e. The van der Waals surface area contributed by atoms with E-state index < -0.39 is 0 Å². The van der Waals surface area contributed by atoms with E-state index in [0.29, 0.717) is 49.6 Å². The first-order valence-corrected chi connectivity index (χ1v) is 9.11. The summed E-state index contributed by atoms with van der Waals surface area (Å²) >= 11 is 0. The second-order valence-corrected chi connectivity index (χ2v) is 6.39. The van der Waals surface area contributed by atoms with Crippen LogP contribution in [0, 0.1) is 5.82 Å². The third-order valence-electron chi connectivity index (χ3n) is 4.69. The molecular formula is C18H20FN7O2. The highest BCUT2D eigenvalue weighted by Crippen LogP contribution is 2.21. The number of nitrogens with zero attached hydrogens (tertiary/aromatic N) is 7. The van der Waals surface area contributed by atoms with E-state index in [-0.39, 0.29) is 18.3 Å². The molecule has 0 unspecified atom stereocenters. The number of halogens is 1. The van der Waals surface area contributed by atoms with Crippen molar-refractivity contribution in [2.45, 2.75) is 13.5 Å². The summed E-state index contributed by atoms with van der Waals surface area (Å²) in [5.41, 5.74) is 1.38. The first kappa shape index (κ1) is 18.1. The summed E-state index contributed by atoms with van der Waals surface area (Å²) in [6, 6.07) is 5.61. The summed E-state index contributed by atoms with van der Waals surface area (Å²) < 4.78 is 20.1. The van der Waals surface area contributed by atoms with Crippen LogP contribution in [0.5, 0.6) is 5.75 Å². The molecule has 1 amide bonds. The lowest BCUT2D eigenvalue weighted by atomic mass is 10.3. The molecule has 0 bridgehead atoms. The van der Waals surface area contributed by atoms with Gasteiger partial charge in [0.25, 0.3) is 5.91 Å². The molecule has 0 atom stereocenters. The van der Waals surface area contributed by atoms with Crippen LogP contribution >= 0.6 is 0 Å². The Morgan fingerprint density at radius 2 is 1.89 bits per heavy atom. The third-order valence-corrected chi connectivity index (χ3v) is 4.69. The van der Waals surface area contributed by atoms with Gasteiger partial charge < -0.3 is 14.5 Å². The summed E-state index contributed by atoms with van der Waals surface area (Å²) in [4.78, 5) is 24.9. The minimum atomic E-state index is -0.340. The zero-order valence-corrected chi connectivity index (χ0v) is 15.5. The molecule has 10 heteroatoms. The van der Waals surface area contributed by atoms with Crippen LogP contribution in [0.4, 0.5) is 10.2 Å². The van der Waals surface area contributed by atoms with E-state index in [4.69, 9.17) is 4.74 Å². The standard InChI is InChI=1S/C18H20FN7O2/c1-2-26-18-16(22-23-26)17(20-12-21-18)25-9-7-24(8-10-25)15(27)11-28-14-5-3-13(19)4-6-14/h3-6,12H,2,7-11H2,1H3. The van der Waals surface area contributed by atoms with Gasteiger partial charge in [-0.05, 0) is 31.2 Å². The van der Waals surface area contributed by atoms with Crippen LogP contribution in [0.15, 0.2) is 30.6 Å². The molecule has 1 aliphatic heterocycles. The van der Waals surface area contributed by atoms with Crippen molar-refractivity contribution in [2.75, 3.05) is 37.7 Å². The molecule has 3 aromatic rings. The summed E-state index contributed by atoms with van der Waals surface area (Å²) in [6.07, 6.45) is 1.52. The van der Waals surface area contributed by atoms with Crippen LogP contribution in [0.25, 0.3) is 11.2 Å². The SMILES string of the molecule is CCn1nnc2c(N3CCN(C(=O)COc4ccc(F)cc4)CC3)ncnc21. The Hall–Kier alpha value is -3.30. The number of rotatable bonds is 5. The van der Waals surface area contributed by atoms with Crippen molar-refractivity contribution >= 4 is 22.9 Å². The summed E-state index contributed by atoms with van der Waals surface area (Å²) in [7, 11) is 0. The van der Waals surface area contributed by atoms with Crippen LogP contribution in [0.2, 0.25) is 0 Å². The zero-order valence-electron chi connectivity index (χ0n) is 15.5. The van der Waals surface area contributed by atoms with E-state index in [1.54, 1.807) is 9.58 Å². The van der Waals surface area contributed by atoms with E-state index in [1.807, 2.05) is 6.92 Å². The van der Waals surface area contributed by atoms with Gasteiger partial charge in [0, 0.05) is 32.7 Å². The Kier molecular flexibility index (Phi) is 5.00. The van der Waals surface area contributed by atoms with Crippen molar-refractivity contribution in [1.82, 2.24) is 29.9 Å². The zero-order chi connectivity index (χ0) is 19.5. The van der Waals surface area contributed by atoms with Gasteiger partial charge in [-0.25, -0.2) is 19.0 Å². The fourth-order valence-electron chi connectivity index (χ4n) is 3.16. The molecule has 146 valence electrons. The van der Waals surface area contributed by atoms with E-state index in [9.17, 15) is 9.18 Å². The second-order valence-electron chi connectivity index (χ2n) is 6.39. The number of aromatic nitrogens is 5. The second kappa shape index (κ2) is 7.75. The van der Waals surface area contributed by atoms with Gasteiger partial charge >= 0.3 is 0 Å². The quantitative estimate of drug-likeness (QED) is 0.650. The van der Waals surface area contributed by atoms with E-state index in [2.05, 4.69) is 25.2 Å². The Morgan fingerprint density at radius 1 is 1.14 bits per heavy atom. The molecule has 0 saturated carbocycles. The topological polar surface area (TPSA) is 89.3 Å². The molecule has 0 spiro atoms. The van der Waals surface area contributed by atoms with Crippen molar-refractivity contribution in [3.8, 4) is 5.75 Å². The molecule has 2 aromatic heterocycles. The first-order valence-electron chi connectivity index (χ1n) is 9.11. The lowest BCUT2D eigenvalue weighted by Gasteiger charge is -2.35. The van der Waals surface area contributed by atoms with Gasteiger partial charge in [0.1, 0.15) is 17.9 Å².